The third kappa shape index (κ3) is 5.12. The van der Waals surface area contributed by atoms with Gasteiger partial charge in [-0.1, -0.05) is 31.4 Å². The Bertz CT molecular complexity index is 867. The van der Waals surface area contributed by atoms with Gasteiger partial charge in [0.2, 0.25) is 0 Å². The zero-order valence-corrected chi connectivity index (χ0v) is 16.2. The van der Waals surface area contributed by atoms with Crippen LogP contribution in [0.4, 0.5) is 4.79 Å². The average Bonchev–Trinajstić information content (AvgIpc) is 3.03. The van der Waals surface area contributed by atoms with Crippen LogP contribution in [-0.4, -0.2) is 30.1 Å². The fraction of sp³-hybridized carbons (Fsp3) is 0.476. The predicted octanol–water partition coefficient (Wildman–Crippen LogP) is 3.37. The SMILES string of the molecule is Cc1ccc2c(CC(=O)O[C@@H](C)C(=O)NC(=O)NC3CCCCC3)coc2c1. The van der Waals surface area contributed by atoms with Crippen molar-refractivity contribution in [3.05, 3.63) is 35.6 Å². The Morgan fingerprint density at radius 3 is 2.71 bits per heavy atom. The standard InChI is InChI=1S/C21H26N2O5/c1-13-8-9-17-15(12-27-18(17)10-13)11-19(24)28-14(2)20(25)23-21(26)22-16-6-4-3-5-7-16/h8-10,12,14,16H,3-7,11H2,1-2H3,(H2,22,23,25,26)/t14-/m0/s1. The lowest BCUT2D eigenvalue weighted by molar-refractivity contribution is -0.153. The molecule has 0 saturated heterocycles. The van der Waals surface area contributed by atoms with E-state index >= 15 is 0 Å². The third-order valence-electron chi connectivity index (χ3n) is 5.00. The largest absolute Gasteiger partial charge is 0.464 e. The zero-order valence-electron chi connectivity index (χ0n) is 16.2. The Balaban J connectivity index is 1.48. The second-order valence-corrected chi connectivity index (χ2v) is 7.37. The number of carbonyl (C=O) groups is 3. The molecule has 0 spiro atoms. The molecule has 2 aromatic rings. The van der Waals surface area contributed by atoms with Crippen LogP contribution in [0.5, 0.6) is 0 Å². The molecule has 1 aliphatic rings. The van der Waals surface area contributed by atoms with Gasteiger partial charge >= 0.3 is 12.0 Å². The molecule has 1 aliphatic carbocycles. The molecule has 1 saturated carbocycles. The van der Waals surface area contributed by atoms with E-state index in [-0.39, 0.29) is 12.5 Å². The molecule has 28 heavy (non-hydrogen) atoms. The number of esters is 1. The molecule has 7 heteroatoms. The van der Waals surface area contributed by atoms with E-state index in [0.29, 0.717) is 11.1 Å². The molecule has 2 N–H and O–H groups in total. The van der Waals surface area contributed by atoms with E-state index in [0.717, 1.165) is 36.6 Å². The van der Waals surface area contributed by atoms with Crippen molar-refractivity contribution in [2.24, 2.45) is 0 Å². The van der Waals surface area contributed by atoms with Crippen molar-refractivity contribution in [2.45, 2.75) is 64.5 Å². The molecule has 1 fully saturated rings. The number of ether oxygens (including phenoxy) is 1. The van der Waals surface area contributed by atoms with Gasteiger partial charge in [-0.05, 0) is 38.3 Å². The highest BCUT2D eigenvalue weighted by atomic mass is 16.5. The van der Waals surface area contributed by atoms with Gasteiger partial charge in [0.1, 0.15) is 5.58 Å². The molecule has 0 radical (unpaired) electrons. The Hall–Kier alpha value is -2.83. The number of furan rings is 1. The minimum Gasteiger partial charge on any atom is -0.464 e. The Labute approximate surface area is 163 Å². The lowest BCUT2D eigenvalue weighted by Gasteiger charge is -2.23. The number of rotatable bonds is 5. The summed E-state index contributed by atoms with van der Waals surface area (Å²) in [6.07, 6.45) is 5.62. The number of hydrogen-bond donors (Lipinski definition) is 2. The Morgan fingerprint density at radius 2 is 1.96 bits per heavy atom. The van der Waals surface area contributed by atoms with Crippen LogP contribution in [0.25, 0.3) is 11.0 Å². The predicted molar refractivity (Wildman–Crippen MR) is 104 cm³/mol. The van der Waals surface area contributed by atoms with Crippen molar-refractivity contribution in [1.82, 2.24) is 10.6 Å². The number of imide groups is 1. The topological polar surface area (TPSA) is 97.6 Å². The molecule has 1 heterocycles. The van der Waals surface area contributed by atoms with Crippen LogP contribution in [0.15, 0.2) is 28.9 Å². The number of aryl methyl sites for hydroxylation is 1. The van der Waals surface area contributed by atoms with Crippen molar-refractivity contribution in [1.29, 1.82) is 0 Å². The second-order valence-electron chi connectivity index (χ2n) is 7.37. The molecule has 1 aromatic heterocycles. The van der Waals surface area contributed by atoms with Gasteiger partial charge in [-0.2, -0.15) is 0 Å². The minimum absolute atomic E-state index is 0.0120. The van der Waals surface area contributed by atoms with Crippen molar-refractivity contribution < 1.29 is 23.5 Å². The maximum absolute atomic E-state index is 12.2. The summed E-state index contributed by atoms with van der Waals surface area (Å²) in [7, 11) is 0. The summed E-state index contributed by atoms with van der Waals surface area (Å²) in [6, 6.07) is 5.27. The zero-order chi connectivity index (χ0) is 20.1. The van der Waals surface area contributed by atoms with Gasteiger partial charge < -0.3 is 14.5 Å². The van der Waals surface area contributed by atoms with Crippen molar-refractivity contribution in [3.63, 3.8) is 0 Å². The summed E-state index contributed by atoms with van der Waals surface area (Å²) in [4.78, 5) is 36.3. The molecular formula is C21H26N2O5. The third-order valence-corrected chi connectivity index (χ3v) is 5.00. The summed E-state index contributed by atoms with van der Waals surface area (Å²) < 4.78 is 10.6. The normalized spacial score (nSPS) is 15.8. The molecule has 150 valence electrons. The minimum atomic E-state index is -1.06. The van der Waals surface area contributed by atoms with Crippen LogP contribution in [0.3, 0.4) is 0 Å². The number of carbonyl (C=O) groups excluding carboxylic acids is 3. The lowest BCUT2D eigenvalue weighted by atomic mass is 9.96. The number of urea groups is 1. The lowest BCUT2D eigenvalue weighted by Crippen LogP contribution is -2.48. The van der Waals surface area contributed by atoms with Gasteiger partial charge in [0.05, 0.1) is 12.7 Å². The smallest absolute Gasteiger partial charge is 0.321 e. The van der Waals surface area contributed by atoms with Gasteiger partial charge in [0.25, 0.3) is 5.91 Å². The maximum atomic E-state index is 12.2. The van der Waals surface area contributed by atoms with E-state index in [9.17, 15) is 14.4 Å². The van der Waals surface area contributed by atoms with Gasteiger partial charge in [0.15, 0.2) is 6.10 Å². The molecule has 3 rings (SSSR count). The number of nitrogens with one attached hydrogen (secondary N) is 2. The van der Waals surface area contributed by atoms with Crippen LogP contribution in [0.1, 0.15) is 50.2 Å². The van der Waals surface area contributed by atoms with E-state index in [1.165, 1.54) is 19.6 Å². The first-order chi connectivity index (χ1) is 13.4. The number of amides is 3. The molecule has 3 amide bonds. The highest BCUT2D eigenvalue weighted by Gasteiger charge is 2.23. The Morgan fingerprint density at radius 1 is 1.21 bits per heavy atom. The van der Waals surface area contributed by atoms with Gasteiger partial charge in [0, 0.05) is 17.0 Å². The van der Waals surface area contributed by atoms with Crippen molar-refractivity contribution in [2.75, 3.05) is 0 Å². The van der Waals surface area contributed by atoms with E-state index in [4.69, 9.17) is 9.15 Å². The fourth-order valence-corrected chi connectivity index (χ4v) is 3.46. The molecule has 0 aliphatic heterocycles. The quantitative estimate of drug-likeness (QED) is 0.768. The first-order valence-electron chi connectivity index (χ1n) is 9.70. The summed E-state index contributed by atoms with van der Waals surface area (Å²) in [5, 5.41) is 5.88. The monoisotopic (exact) mass is 386 g/mol. The first kappa shape index (κ1) is 19.9. The van der Waals surface area contributed by atoms with E-state index in [1.54, 1.807) is 0 Å². The van der Waals surface area contributed by atoms with Gasteiger partial charge in [-0.3, -0.25) is 14.9 Å². The molecule has 0 unspecified atom stereocenters. The van der Waals surface area contributed by atoms with Gasteiger partial charge in [-0.15, -0.1) is 0 Å². The molecule has 7 nitrogen and oxygen atoms in total. The molecule has 1 atom stereocenters. The summed E-state index contributed by atoms with van der Waals surface area (Å²) >= 11 is 0. The highest BCUT2D eigenvalue weighted by Crippen LogP contribution is 2.23. The first-order valence-corrected chi connectivity index (χ1v) is 9.70. The van der Waals surface area contributed by atoms with Crippen molar-refractivity contribution in [3.8, 4) is 0 Å². The summed E-state index contributed by atoms with van der Waals surface area (Å²) in [6.45, 7) is 3.40. The fourth-order valence-electron chi connectivity index (χ4n) is 3.46. The highest BCUT2D eigenvalue weighted by molar-refractivity contribution is 5.97. The summed E-state index contributed by atoms with van der Waals surface area (Å²) in [5.74, 6) is -1.20. The summed E-state index contributed by atoms with van der Waals surface area (Å²) in [5.41, 5.74) is 2.46. The van der Waals surface area contributed by atoms with E-state index < -0.39 is 24.0 Å². The number of fused-ring (bicyclic) bond motifs is 1. The number of hydrogen-bond acceptors (Lipinski definition) is 5. The van der Waals surface area contributed by atoms with Crippen LogP contribution in [-0.2, 0) is 20.7 Å². The molecular weight excluding hydrogens is 360 g/mol. The van der Waals surface area contributed by atoms with Gasteiger partial charge in [-0.25, -0.2) is 4.79 Å². The van der Waals surface area contributed by atoms with Crippen LogP contribution in [0, 0.1) is 6.92 Å². The van der Waals surface area contributed by atoms with E-state index in [1.807, 2.05) is 25.1 Å². The molecule has 1 aromatic carbocycles. The Kier molecular flexibility index (Phi) is 6.34. The molecule has 0 bridgehead atoms. The maximum Gasteiger partial charge on any atom is 0.321 e. The average molecular weight is 386 g/mol. The van der Waals surface area contributed by atoms with Crippen LogP contribution < -0.4 is 10.6 Å². The van der Waals surface area contributed by atoms with Crippen molar-refractivity contribution >= 4 is 28.9 Å². The van der Waals surface area contributed by atoms with E-state index in [2.05, 4.69) is 10.6 Å². The van der Waals surface area contributed by atoms with Crippen LogP contribution in [0.2, 0.25) is 0 Å². The van der Waals surface area contributed by atoms with Crippen LogP contribution >= 0.6 is 0 Å². The second kappa shape index (κ2) is 8.91. The number of benzene rings is 1.